The first-order valence-electron chi connectivity index (χ1n) is 5.63. The smallest absolute Gasteiger partial charge is 0.311 e. The van der Waals surface area contributed by atoms with Crippen LogP contribution in [0.2, 0.25) is 0 Å². The molecular weight excluding hydrogens is 248 g/mol. The zero-order valence-electron chi connectivity index (χ0n) is 10.3. The largest absolute Gasteiger partial charge is 0.469 e. The van der Waals surface area contributed by atoms with E-state index in [-0.39, 0.29) is 18.7 Å². The third-order valence-electron chi connectivity index (χ3n) is 2.81. The van der Waals surface area contributed by atoms with Crippen LogP contribution in [0.4, 0.5) is 0 Å². The van der Waals surface area contributed by atoms with E-state index < -0.39 is 17.8 Å². The van der Waals surface area contributed by atoms with Crippen molar-refractivity contribution in [2.75, 3.05) is 13.7 Å². The maximum atomic E-state index is 12.0. The molecule has 1 N–H and O–H groups in total. The van der Waals surface area contributed by atoms with Gasteiger partial charge < -0.3 is 10.1 Å². The minimum Gasteiger partial charge on any atom is -0.469 e. The summed E-state index contributed by atoms with van der Waals surface area (Å²) in [6, 6.07) is 6.49. The Morgan fingerprint density at radius 1 is 1.21 bits per heavy atom. The minimum absolute atomic E-state index is 0.0404. The topological polar surface area (TPSA) is 87.5 Å². The molecular formula is C13H12N2O4. The zero-order valence-corrected chi connectivity index (χ0v) is 10.3. The number of imide groups is 1. The van der Waals surface area contributed by atoms with Crippen molar-refractivity contribution >= 4 is 23.5 Å². The van der Waals surface area contributed by atoms with Gasteiger partial charge in [0.2, 0.25) is 0 Å². The highest BCUT2D eigenvalue weighted by atomic mass is 16.5. The van der Waals surface area contributed by atoms with Crippen LogP contribution in [0, 0.1) is 5.41 Å². The third-order valence-corrected chi connectivity index (χ3v) is 2.81. The SMILES string of the molecule is COC(=O)CC(=N)CN1C(=O)c2ccccc2C1=O. The van der Waals surface area contributed by atoms with Crippen molar-refractivity contribution in [3.8, 4) is 0 Å². The number of carbonyl (C=O) groups is 3. The molecule has 1 aliphatic heterocycles. The van der Waals surface area contributed by atoms with Gasteiger partial charge in [0.25, 0.3) is 11.8 Å². The molecule has 2 amide bonds. The van der Waals surface area contributed by atoms with E-state index in [4.69, 9.17) is 5.41 Å². The predicted molar refractivity (Wildman–Crippen MR) is 66.2 cm³/mol. The number of rotatable bonds is 4. The first kappa shape index (κ1) is 12.9. The fourth-order valence-corrected chi connectivity index (χ4v) is 1.88. The Balaban J connectivity index is 2.12. The van der Waals surface area contributed by atoms with Gasteiger partial charge in [0.1, 0.15) is 0 Å². The van der Waals surface area contributed by atoms with Crippen molar-refractivity contribution in [2.45, 2.75) is 6.42 Å². The summed E-state index contributed by atoms with van der Waals surface area (Å²) in [5.74, 6) is -1.44. The van der Waals surface area contributed by atoms with Gasteiger partial charge in [-0.3, -0.25) is 19.3 Å². The second kappa shape index (κ2) is 5.01. The Kier molecular flexibility index (Phi) is 3.41. The van der Waals surface area contributed by atoms with Gasteiger partial charge >= 0.3 is 5.97 Å². The maximum Gasteiger partial charge on any atom is 0.311 e. The van der Waals surface area contributed by atoms with E-state index >= 15 is 0 Å². The zero-order chi connectivity index (χ0) is 14.0. The van der Waals surface area contributed by atoms with Gasteiger partial charge in [0.05, 0.1) is 31.2 Å². The lowest BCUT2D eigenvalue weighted by molar-refractivity contribution is -0.139. The van der Waals surface area contributed by atoms with Crippen molar-refractivity contribution in [1.82, 2.24) is 4.90 Å². The van der Waals surface area contributed by atoms with Gasteiger partial charge in [-0.2, -0.15) is 0 Å². The first-order valence-corrected chi connectivity index (χ1v) is 5.63. The number of hydrogen-bond acceptors (Lipinski definition) is 5. The summed E-state index contributed by atoms with van der Waals surface area (Å²) < 4.78 is 4.43. The summed E-state index contributed by atoms with van der Waals surface area (Å²) in [6.45, 7) is -0.193. The molecule has 1 aromatic carbocycles. The number of nitrogens with zero attached hydrogens (tertiary/aromatic N) is 1. The Bertz CT molecular complexity index is 545. The van der Waals surface area contributed by atoms with E-state index in [9.17, 15) is 14.4 Å². The normalized spacial score (nSPS) is 13.4. The van der Waals surface area contributed by atoms with Crippen LogP contribution in [0.15, 0.2) is 24.3 Å². The lowest BCUT2D eigenvalue weighted by Gasteiger charge is -2.13. The Labute approximate surface area is 109 Å². The van der Waals surface area contributed by atoms with E-state index in [1.54, 1.807) is 24.3 Å². The van der Waals surface area contributed by atoms with E-state index in [0.717, 1.165) is 4.90 Å². The van der Waals surface area contributed by atoms with E-state index in [1.165, 1.54) is 7.11 Å². The number of carbonyl (C=O) groups excluding carboxylic acids is 3. The molecule has 1 aliphatic rings. The van der Waals surface area contributed by atoms with E-state index in [2.05, 4.69) is 4.74 Å². The summed E-state index contributed by atoms with van der Waals surface area (Å²) in [5, 5.41) is 7.63. The molecule has 0 aromatic heterocycles. The summed E-state index contributed by atoms with van der Waals surface area (Å²) in [7, 11) is 1.22. The number of amides is 2. The quantitative estimate of drug-likeness (QED) is 0.494. The highest BCUT2D eigenvalue weighted by molar-refractivity contribution is 6.22. The molecule has 0 spiro atoms. The van der Waals surface area contributed by atoms with Gasteiger partial charge in [-0.15, -0.1) is 0 Å². The molecule has 1 heterocycles. The van der Waals surface area contributed by atoms with Crippen LogP contribution in [0.1, 0.15) is 27.1 Å². The standard InChI is InChI=1S/C13H12N2O4/c1-19-11(16)6-8(14)7-15-12(17)9-4-2-3-5-10(9)13(15)18/h2-5,14H,6-7H2,1H3. The van der Waals surface area contributed by atoms with E-state index in [1.807, 2.05) is 0 Å². The minimum atomic E-state index is -0.568. The van der Waals surface area contributed by atoms with Crippen LogP contribution in [0.25, 0.3) is 0 Å². The van der Waals surface area contributed by atoms with Crippen LogP contribution in [-0.4, -0.2) is 42.0 Å². The number of nitrogens with one attached hydrogen (secondary N) is 1. The molecule has 0 atom stereocenters. The molecule has 19 heavy (non-hydrogen) atoms. The van der Waals surface area contributed by atoms with Crippen molar-refractivity contribution < 1.29 is 19.1 Å². The molecule has 2 rings (SSSR count). The number of benzene rings is 1. The average molecular weight is 260 g/mol. The lowest BCUT2D eigenvalue weighted by atomic mass is 10.1. The molecule has 0 aliphatic carbocycles. The molecule has 0 bridgehead atoms. The molecule has 1 aromatic rings. The molecule has 98 valence electrons. The Hall–Kier alpha value is -2.50. The summed E-state index contributed by atoms with van der Waals surface area (Å²) in [5.41, 5.74) is 0.623. The second-order valence-electron chi connectivity index (χ2n) is 4.10. The van der Waals surface area contributed by atoms with Crippen LogP contribution in [0.3, 0.4) is 0 Å². The van der Waals surface area contributed by atoms with Crippen molar-refractivity contribution in [2.24, 2.45) is 0 Å². The molecule has 0 radical (unpaired) electrons. The Morgan fingerprint density at radius 2 is 1.74 bits per heavy atom. The maximum absolute atomic E-state index is 12.0. The van der Waals surface area contributed by atoms with Crippen molar-refractivity contribution in [1.29, 1.82) is 5.41 Å². The highest BCUT2D eigenvalue weighted by Gasteiger charge is 2.35. The van der Waals surface area contributed by atoms with Gasteiger partial charge in [-0.1, -0.05) is 12.1 Å². The van der Waals surface area contributed by atoms with Crippen LogP contribution >= 0.6 is 0 Å². The average Bonchev–Trinajstić information content (AvgIpc) is 2.64. The van der Waals surface area contributed by atoms with Crippen LogP contribution in [0.5, 0.6) is 0 Å². The fourth-order valence-electron chi connectivity index (χ4n) is 1.88. The molecule has 0 saturated heterocycles. The lowest BCUT2D eigenvalue weighted by Crippen LogP contribution is -2.35. The Morgan fingerprint density at radius 3 is 2.21 bits per heavy atom. The number of hydrogen-bond donors (Lipinski definition) is 1. The van der Waals surface area contributed by atoms with Crippen molar-refractivity contribution in [3.63, 3.8) is 0 Å². The van der Waals surface area contributed by atoms with E-state index in [0.29, 0.717) is 11.1 Å². The van der Waals surface area contributed by atoms with Gasteiger partial charge in [-0.25, -0.2) is 0 Å². The number of methoxy groups -OCH3 is 1. The number of fused-ring (bicyclic) bond motifs is 1. The molecule has 0 saturated carbocycles. The fraction of sp³-hybridized carbons (Fsp3) is 0.231. The number of ether oxygens (including phenoxy) is 1. The second-order valence-corrected chi connectivity index (χ2v) is 4.10. The predicted octanol–water partition coefficient (Wildman–Crippen LogP) is 0.865. The summed E-state index contributed by atoms with van der Waals surface area (Å²) >= 11 is 0. The molecule has 0 fully saturated rings. The monoisotopic (exact) mass is 260 g/mol. The molecule has 6 heteroatoms. The number of esters is 1. The summed E-state index contributed by atoms with van der Waals surface area (Å²) in [4.78, 5) is 36.0. The van der Waals surface area contributed by atoms with Crippen molar-refractivity contribution in [3.05, 3.63) is 35.4 Å². The van der Waals surface area contributed by atoms with Crippen LogP contribution < -0.4 is 0 Å². The third kappa shape index (κ3) is 2.37. The summed E-state index contributed by atoms with van der Waals surface area (Å²) in [6.07, 6.45) is -0.232. The van der Waals surface area contributed by atoms with Gasteiger partial charge in [0, 0.05) is 5.71 Å². The van der Waals surface area contributed by atoms with Gasteiger partial charge in [-0.05, 0) is 12.1 Å². The molecule has 0 unspecified atom stereocenters. The molecule has 6 nitrogen and oxygen atoms in total. The van der Waals surface area contributed by atoms with Gasteiger partial charge in [0.15, 0.2) is 0 Å². The first-order chi connectivity index (χ1) is 9.04. The highest BCUT2D eigenvalue weighted by Crippen LogP contribution is 2.22. The van der Waals surface area contributed by atoms with Crippen LogP contribution in [-0.2, 0) is 9.53 Å².